The molecule has 0 spiro atoms. The summed E-state index contributed by atoms with van der Waals surface area (Å²) in [5, 5.41) is 22.2. The summed E-state index contributed by atoms with van der Waals surface area (Å²) in [5.74, 6) is -2.20. The standard InChI is InChI=1S/C19H20B3Cl2N7O4/c20-19(21,22)31-4-3-11(26-31)6-14(18(34)35)29-9-16(32)28(8-17(29)33)13-5-10(23)1-2-12(13)30-7-15(24)25-27-30/h1-5,7,14H,6,8-9,20-22H2,(H,34,35). The monoisotopic (exact) mass is 513 g/mol. The van der Waals surface area contributed by atoms with E-state index in [4.69, 9.17) is 23.2 Å². The Kier molecular flexibility index (Phi) is 6.69. The molecule has 4 rings (SSSR count). The van der Waals surface area contributed by atoms with Gasteiger partial charge in [0.2, 0.25) is 11.8 Å². The van der Waals surface area contributed by atoms with Crippen molar-refractivity contribution in [1.82, 2.24) is 29.7 Å². The third-order valence-corrected chi connectivity index (χ3v) is 5.96. The molecule has 1 N–H and O–H groups in total. The Morgan fingerprint density at radius 2 is 1.86 bits per heavy atom. The molecule has 2 amide bonds. The number of aliphatic carboxylic acids is 1. The normalized spacial score (nSPS) is 15.5. The molecule has 1 fully saturated rings. The minimum atomic E-state index is -1.25. The fourth-order valence-corrected chi connectivity index (χ4v) is 4.07. The Bertz CT molecular complexity index is 1310. The number of anilines is 1. The number of aromatic nitrogens is 5. The van der Waals surface area contributed by atoms with Crippen molar-refractivity contribution in [3.8, 4) is 5.69 Å². The van der Waals surface area contributed by atoms with Gasteiger partial charge in [0.25, 0.3) is 0 Å². The second-order valence-corrected chi connectivity index (χ2v) is 9.92. The lowest BCUT2D eigenvalue weighted by molar-refractivity contribution is -0.152. The fourth-order valence-electron chi connectivity index (χ4n) is 3.78. The van der Waals surface area contributed by atoms with Crippen LogP contribution >= 0.6 is 23.2 Å². The topological polar surface area (TPSA) is 126 Å². The zero-order valence-electron chi connectivity index (χ0n) is 19.2. The van der Waals surface area contributed by atoms with E-state index in [0.29, 0.717) is 22.1 Å². The summed E-state index contributed by atoms with van der Waals surface area (Å²) in [5.41, 5.74) is 1.27. The maximum absolute atomic E-state index is 13.2. The van der Waals surface area contributed by atoms with E-state index in [0.717, 1.165) is 4.90 Å². The molecule has 35 heavy (non-hydrogen) atoms. The van der Waals surface area contributed by atoms with Crippen LogP contribution in [0, 0.1) is 0 Å². The molecule has 0 aliphatic carbocycles. The number of carboxylic acids is 1. The smallest absolute Gasteiger partial charge is 0.326 e. The predicted molar refractivity (Wildman–Crippen MR) is 136 cm³/mol. The summed E-state index contributed by atoms with van der Waals surface area (Å²) in [7, 11) is 5.91. The minimum absolute atomic E-state index is 0.0305. The molecule has 0 bridgehead atoms. The predicted octanol–water partition coefficient (Wildman–Crippen LogP) is -1.89. The number of halogens is 2. The quantitative estimate of drug-likeness (QED) is 0.366. The van der Waals surface area contributed by atoms with Crippen molar-refractivity contribution >= 4 is 70.2 Å². The van der Waals surface area contributed by atoms with E-state index >= 15 is 0 Å². The van der Waals surface area contributed by atoms with Crippen molar-refractivity contribution in [3.63, 3.8) is 0 Å². The molecule has 178 valence electrons. The van der Waals surface area contributed by atoms with E-state index in [2.05, 4.69) is 15.4 Å². The summed E-state index contributed by atoms with van der Waals surface area (Å²) in [6.45, 7) is -0.783. The van der Waals surface area contributed by atoms with Crippen LogP contribution < -0.4 is 4.90 Å². The van der Waals surface area contributed by atoms with Gasteiger partial charge in [0.15, 0.2) is 5.15 Å². The van der Waals surface area contributed by atoms with Crippen molar-refractivity contribution in [2.45, 2.75) is 17.7 Å². The lowest BCUT2D eigenvalue weighted by Crippen LogP contribution is -2.59. The Morgan fingerprint density at radius 1 is 1.11 bits per heavy atom. The molecule has 1 aliphatic heterocycles. The summed E-state index contributed by atoms with van der Waals surface area (Å²) in [4.78, 5) is 40.7. The molecule has 0 radical (unpaired) electrons. The largest absolute Gasteiger partial charge is 0.480 e. The van der Waals surface area contributed by atoms with Crippen molar-refractivity contribution in [1.29, 1.82) is 0 Å². The van der Waals surface area contributed by atoms with Crippen LogP contribution in [0.2, 0.25) is 10.2 Å². The van der Waals surface area contributed by atoms with Gasteiger partial charge in [0.1, 0.15) is 42.7 Å². The fraction of sp³-hybridized carbons (Fsp3) is 0.263. The number of benzene rings is 1. The van der Waals surface area contributed by atoms with Gasteiger partial charge in [-0.15, -0.1) is 5.10 Å². The zero-order chi connectivity index (χ0) is 25.5. The molecule has 1 unspecified atom stereocenters. The van der Waals surface area contributed by atoms with E-state index < -0.39 is 30.4 Å². The van der Waals surface area contributed by atoms with Gasteiger partial charge in [-0.05, 0) is 29.5 Å². The van der Waals surface area contributed by atoms with Gasteiger partial charge in [-0.25, -0.2) is 9.48 Å². The lowest BCUT2D eigenvalue weighted by Gasteiger charge is -2.37. The highest BCUT2D eigenvalue weighted by molar-refractivity contribution is 6.56. The van der Waals surface area contributed by atoms with Gasteiger partial charge in [-0.3, -0.25) is 19.2 Å². The number of hydrogen-bond donors (Lipinski definition) is 1. The molecule has 3 heterocycles. The van der Waals surface area contributed by atoms with Crippen LogP contribution in [0.25, 0.3) is 5.69 Å². The summed E-state index contributed by atoms with van der Waals surface area (Å²) >= 11 is 12.1. The van der Waals surface area contributed by atoms with Gasteiger partial charge >= 0.3 is 5.97 Å². The number of carboxylic acid groups (broad SMARTS) is 1. The average molecular weight is 514 g/mol. The molecule has 1 aliphatic rings. The number of carbonyl (C=O) groups is 3. The van der Waals surface area contributed by atoms with E-state index in [1.165, 1.54) is 21.8 Å². The molecular weight excluding hydrogens is 494 g/mol. The van der Waals surface area contributed by atoms with Crippen LogP contribution in [0.4, 0.5) is 5.69 Å². The number of hydrogen-bond acceptors (Lipinski definition) is 6. The SMILES string of the molecule is BC(B)(B)n1ccc(CC(C(=O)O)N2CC(=O)N(c3cc(Cl)ccc3-n3cc(Cl)nn3)CC2=O)n1. The summed E-state index contributed by atoms with van der Waals surface area (Å²) < 4.78 is 3.09. The highest BCUT2D eigenvalue weighted by Gasteiger charge is 2.39. The van der Waals surface area contributed by atoms with Crippen LogP contribution in [-0.2, 0) is 26.0 Å². The van der Waals surface area contributed by atoms with Crippen molar-refractivity contribution in [2.75, 3.05) is 18.0 Å². The zero-order valence-corrected chi connectivity index (χ0v) is 20.7. The van der Waals surface area contributed by atoms with Gasteiger partial charge in [-0.1, -0.05) is 28.4 Å². The molecular formula is C19H20B3Cl2N7O4. The molecule has 1 atom stereocenters. The minimum Gasteiger partial charge on any atom is -0.480 e. The second-order valence-electron chi connectivity index (χ2n) is 9.10. The van der Waals surface area contributed by atoms with Crippen LogP contribution in [0.15, 0.2) is 36.7 Å². The van der Waals surface area contributed by atoms with Gasteiger partial charge in [0.05, 0.1) is 23.3 Å². The van der Waals surface area contributed by atoms with Crippen molar-refractivity contribution in [3.05, 3.63) is 52.5 Å². The molecule has 11 nitrogen and oxygen atoms in total. The van der Waals surface area contributed by atoms with E-state index in [1.54, 1.807) is 29.1 Å². The van der Waals surface area contributed by atoms with Crippen LogP contribution in [-0.4, -0.2) is 95.2 Å². The molecule has 3 aromatic rings. The van der Waals surface area contributed by atoms with Gasteiger partial charge in [0, 0.05) is 17.6 Å². The summed E-state index contributed by atoms with van der Waals surface area (Å²) in [6.07, 6.45) is 3.18. The highest BCUT2D eigenvalue weighted by Crippen LogP contribution is 2.30. The number of amides is 2. The maximum Gasteiger partial charge on any atom is 0.326 e. The third kappa shape index (κ3) is 5.23. The van der Waals surface area contributed by atoms with Gasteiger partial charge < -0.3 is 10.0 Å². The molecule has 16 heteroatoms. The highest BCUT2D eigenvalue weighted by atomic mass is 35.5. The summed E-state index contributed by atoms with van der Waals surface area (Å²) in [6, 6.07) is 5.23. The average Bonchev–Trinajstić information content (AvgIpc) is 3.42. The van der Waals surface area contributed by atoms with Crippen LogP contribution in [0.1, 0.15) is 5.69 Å². The molecule has 0 saturated carbocycles. The van der Waals surface area contributed by atoms with Crippen LogP contribution in [0.3, 0.4) is 0 Å². The Morgan fingerprint density at radius 3 is 2.46 bits per heavy atom. The van der Waals surface area contributed by atoms with Gasteiger partial charge in [-0.2, -0.15) is 5.10 Å². The third-order valence-electron chi connectivity index (χ3n) is 5.56. The molecule has 2 aromatic heterocycles. The first-order chi connectivity index (χ1) is 16.4. The van der Waals surface area contributed by atoms with Crippen molar-refractivity contribution in [2.24, 2.45) is 0 Å². The van der Waals surface area contributed by atoms with Crippen molar-refractivity contribution < 1.29 is 19.5 Å². The Hall–Kier alpha value is -3.25. The number of piperazine rings is 1. The number of nitrogens with zero attached hydrogens (tertiary/aromatic N) is 7. The first-order valence-corrected chi connectivity index (χ1v) is 11.4. The number of carbonyl (C=O) groups excluding carboxylic acids is 2. The second kappa shape index (κ2) is 9.42. The van der Waals surface area contributed by atoms with Crippen LogP contribution in [0.5, 0.6) is 0 Å². The number of rotatable bonds is 7. The Balaban J connectivity index is 1.59. The van der Waals surface area contributed by atoms with E-state index in [-0.39, 0.29) is 23.4 Å². The van der Waals surface area contributed by atoms with E-state index in [9.17, 15) is 19.5 Å². The van der Waals surface area contributed by atoms with E-state index in [1.807, 2.05) is 23.5 Å². The molecule has 1 aromatic carbocycles. The lowest BCUT2D eigenvalue weighted by atomic mass is 9.49. The maximum atomic E-state index is 13.2. The first-order valence-electron chi connectivity index (χ1n) is 10.7. The Labute approximate surface area is 213 Å². The first kappa shape index (κ1) is 24.9. The molecule has 1 saturated heterocycles.